The molecule has 2 heteroatoms. The largest absolute Gasteiger partial charge is 0.345 e. The molecule has 0 saturated heterocycles. The molecule has 0 spiro atoms. The summed E-state index contributed by atoms with van der Waals surface area (Å²) < 4.78 is 0. The molecule has 0 N–H and O–H groups in total. The number of amides is 1. The van der Waals surface area contributed by atoms with E-state index in [-0.39, 0.29) is 5.91 Å². The number of likely N-dealkylation sites (N-methyl/N-ethyl adjacent to an activating group) is 1. The van der Waals surface area contributed by atoms with Crippen molar-refractivity contribution < 1.29 is 4.79 Å². The highest BCUT2D eigenvalue weighted by Gasteiger charge is 2.10. The van der Waals surface area contributed by atoms with E-state index in [0.29, 0.717) is 0 Å². The van der Waals surface area contributed by atoms with Crippen LogP contribution in [0.15, 0.2) is 35.9 Å². The van der Waals surface area contributed by atoms with Gasteiger partial charge in [0.1, 0.15) is 0 Å². The third-order valence-corrected chi connectivity index (χ3v) is 2.50. The minimum absolute atomic E-state index is 0.0661. The fraction of sp³-hybridized carbons (Fsp3) is 0.308. The predicted octanol–water partition coefficient (Wildman–Crippen LogP) is 2.57. The van der Waals surface area contributed by atoms with Crippen LogP contribution in [0.4, 0.5) is 0 Å². The molecule has 0 fully saturated rings. The van der Waals surface area contributed by atoms with Crippen LogP contribution in [0.2, 0.25) is 0 Å². The second-order valence-corrected chi connectivity index (χ2v) is 3.82. The van der Waals surface area contributed by atoms with Crippen molar-refractivity contribution in [2.75, 3.05) is 14.1 Å². The van der Waals surface area contributed by atoms with E-state index < -0.39 is 0 Å². The molecule has 2 nitrogen and oxygen atoms in total. The molecular formula is C13H17NO. The highest BCUT2D eigenvalue weighted by Crippen LogP contribution is 2.18. The summed E-state index contributed by atoms with van der Waals surface area (Å²) >= 11 is 0. The molecular weight excluding hydrogens is 186 g/mol. The number of nitrogens with zero attached hydrogens (tertiary/aromatic N) is 1. The summed E-state index contributed by atoms with van der Waals surface area (Å²) in [4.78, 5) is 13.3. The third-order valence-electron chi connectivity index (χ3n) is 2.50. The van der Waals surface area contributed by atoms with Crippen LogP contribution in [-0.2, 0) is 4.79 Å². The quantitative estimate of drug-likeness (QED) is 0.676. The number of rotatable bonds is 2. The topological polar surface area (TPSA) is 20.3 Å². The van der Waals surface area contributed by atoms with Crippen molar-refractivity contribution >= 4 is 11.5 Å². The molecule has 0 atom stereocenters. The smallest absolute Gasteiger partial charge is 0.249 e. The maximum Gasteiger partial charge on any atom is 0.249 e. The number of hydrogen-bond donors (Lipinski definition) is 0. The first-order valence-electron chi connectivity index (χ1n) is 4.98. The molecule has 1 aromatic rings. The molecule has 1 amide bonds. The molecule has 0 radical (unpaired) electrons. The maximum absolute atomic E-state index is 11.7. The van der Waals surface area contributed by atoms with Crippen LogP contribution in [0.5, 0.6) is 0 Å². The Balaban J connectivity index is 3.06. The summed E-state index contributed by atoms with van der Waals surface area (Å²) in [6.45, 7) is 3.84. The lowest BCUT2D eigenvalue weighted by Crippen LogP contribution is -2.22. The van der Waals surface area contributed by atoms with Gasteiger partial charge in [-0.15, -0.1) is 0 Å². The van der Waals surface area contributed by atoms with Crippen LogP contribution in [0.25, 0.3) is 5.57 Å². The molecule has 0 saturated carbocycles. The summed E-state index contributed by atoms with van der Waals surface area (Å²) in [5.41, 5.74) is 2.94. The van der Waals surface area contributed by atoms with E-state index in [2.05, 4.69) is 0 Å². The van der Waals surface area contributed by atoms with Crippen molar-refractivity contribution in [1.29, 1.82) is 0 Å². The van der Waals surface area contributed by atoms with Crippen molar-refractivity contribution in [2.24, 2.45) is 0 Å². The lowest BCUT2D eigenvalue weighted by atomic mass is 10.0. The summed E-state index contributed by atoms with van der Waals surface area (Å²) in [5.74, 6) is 0.0661. The zero-order valence-electron chi connectivity index (χ0n) is 9.74. The minimum atomic E-state index is 0.0661. The molecule has 80 valence electrons. The Hall–Kier alpha value is -1.57. The normalized spacial score (nSPS) is 12.0. The summed E-state index contributed by atoms with van der Waals surface area (Å²) in [5, 5.41) is 0. The fourth-order valence-corrected chi connectivity index (χ4v) is 1.40. The standard InChI is InChI=1S/C13H17NO/c1-10(11(2)13(15)14(3)4)12-8-6-5-7-9-12/h5-9H,1-4H3/b11-10+. The number of allylic oxidation sites excluding steroid dienone is 1. The minimum Gasteiger partial charge on any atom is -0.345 e. The van der Waals surface area contributed by atoms with E-state index in [1.807, 2.05) is 44.2 Å². The van der Waals surface area contributed by atoms with Gasteiger partial charge in [0.15, 0.2) is 0 Å². The van der Waals surface area contributed by atoms with E-state index >= 15 is 0 Å². The lowest BCUT2D eigenvalue weighted by molar-refractivity contribution is -0.124. The summed E-state index contributed by atoms with van der Waals surface area (Å²) in [6.07, 6.45) is 0. The number of carbonyl (C=O) groups is 1. The Labute approximate surface area is 91.2 Å². The van der Waals surface area contributed by atoms with Crippen LogP contribution < -0.4 is 0 Å². The molecule has 1 rings (SSSR count). The molecule has 0 unspecified atom stereocenters. The van der Waals surface area contributed by atoms with E-state index in [4.69, 9.17) is 0 Å². The average Bonchev–Trinajstić information content (AvgIpc) is 2.27. The van der Waals surface area contributed by atoms with E-state index in [1.165, 1.54) is 0 Å². The van der Waals surface area contributed by atoms with Crippen LogP contribution in [0.3, 0.4) is 0 Å². The van der Waals surface area contributed by atoms with Crippen molar-refractivity contribution in [1.82, 2.24) is 4.90 Å². The molecule has 0 aliphatic heterocycles. The van der Waals surface area contributed by atoms with Gasteiger partial charge in [0, 0.05) is 19.7 Å². The van der Waals surface area contributed by atoms with Gasteiger partial charge in [-0.3, -0.25) is 4.79 Å². The van der Waals surface area contributed by atoms with Crippen LogP contribution >= 0.6 is 0 Å². The average molecular weight is 203 g/mol. The Morgan fingerprint density at radius 2 is 1.60 bits per heavy atom. The van der Waals surface area contributed by atoms with Gasteiger partial charge in [-0.2, -0.15) is 0 Å². The van der Waals surface area contributed by atoms with Crippen LogP contribution in [-0.4, -0.2) is 24.9 Å². The number of benzene rings is 1. The van der Waals surface area contributed by atoms with Gasteiger partial charge < -0.3 is 4.90 Å². The second kappa shape index (κ2) is 4.78. The van der Waals surface area contributed by atoms with Gasteiger partial charge in [-0.1, -0.05) is 30.3 Å². The highest BCUT2D eigenvalue weighted by molar-refractivity contribution is 5.99. The first kappa shape index (κ1) is 11.5. The van der Waals surface area contributed by atoms with Gasteiger partial charge in [0.2, 0.25) is 5.91 Å². The zero-order valence-corrected chi connectivity index (χ0v) is 9.74. The first-order valence-corrected chi connectivity index (χ1v) is 4.98. The fourth-order valence-electron chi connectivity index (χ4n) is 1.40. The van der Waals surface area contributed by atoms with Gasteiger partial charge in [0.25, 0.3) is 0 Å². The van der Waals surface area contributed by atoms with Crippen molar-refractivity contribution in [2.45, 2.75) is 13.8 Å². The molecule has 0 bridgehead atoms. The van der Waals surface area contributed by atoms with Crippen molar-refractivity contribution in [3.63, 3.8) is 0 Å². The molecule has 0 aliphatic rings. The Bertz CT molecular complexity index is 377. The Kier molecular flexibility index (Phi) is 3.67. The molecule has 0 aliphatic carbocycles. The summed E-state index contributed by atoms with van der Waals surface area (Å²) in [7, 11) is 3.54. The Morgan fingerprint density at radius 3 is 2.07 bits per heavy atom. The van der Waals surface area contributed by atoms with Crippen LogP contribution in [0, 0.1) is 0 Å². The Morgan fingerprint density at radius 1 is 1.07 bits per heavy atom. The zero-order chi connectivity index (χ0) is 11.4. The third kappa shape index (κ3) is 2.69. The van der Waals surface area contributed by atoms with Crippen molar-refractivity contribution in [3.05, 3.63) is 41.5 Å². The number of carbonyl (C=O) groups excluding carboxylic acids is 1. The van der Waals surface area contributed by atoms with E-state index in [0.717, 1.165) is 16.7 Å². The van der Waals surface area contributed by atoms with E-state index in [1.54, 1.807) is 19.0 Å². The predicted molar refractivity (Wildman–Crippen MR) is 63.4 cm³/mol. The molecule has 1 aromatic carbocycles. The summed E-state index contributed by atoms with van der Waals surface area (Å²) in [6, 6.07) is 9.96. The lowest BCUT2D eigenvalue weighted by Gasteiger charge is -2.13. The van der Waals surface area contributed by atoms with Crippen molar-refractivity contribution in [3.8, 4) is 0 Å². The SMILES string of the molecule is C/C(C(=O)N(C)C)=C(/C)c1ccccc1. The van der Waals surface area contributed by atoms with Gasteiger partial charge in [-0.25, -0.2) is 0 Å². The second-order valence-electron chi connectivity index (χ2n) is 3.82. The highest BCUT2D eigenvalue weighted by atomic mass is 16.2. The molecule has 0 aromatic heterocycles. The number of hydrogen-bond acceptors (Lipinski definition) is 1. The molecule has 0 heterocycles. The van der Waals surface area contributed by atoms with E-state index in [9.17, 15) is 4.79 Å². The van der Waals surface area contributed by atoms with Gasteiger partial charge in [0.05, 0.1) is 0 Å². The van der Waals surface area contributed by atoms with Gasteiger partial charge >= 0.3 is 0 Å². The molecule has 15 heavy (non-hydrogen) atoms. The first-order chi connectivity index (χ1) is 7.04. The van der Waals surface area contributed by atoms with Gasteiger partial charge in [-0.05, 0) is 25.0 Å². The van der Waals surface area contributed by atoms with Crippen LogP contribution in [0.1, 0.15) is 19.4 Å². The monoisotopic (exact) mass is 203 g/mol. The maximum atomic E-state index is 11.7.